The number of amides is 1. The lowest BCUT2D eigenvalue weighted by Crippen LogP contribution is -2.29. The first-order valence-electron chi connectivity index (χ1n) is 5.73. The molecule has 1 aliphatic heterocycles. The quantitative estimate of drug-likeness (QED) is 0.793. The van der Waals surface area contributed by atoms with E-state index in [0.29, 0.717) is 11.6 Å². The van der Waals surface area contributed by atoms with Gasteiger partial charge < -0.3 is 16.4 Å². The molecule has 1 saturated heterocycles. The first-order valence-corrected chi connectivity index (χ1v) is 6.53. The van der Waals surface area contributed by atoms with E-state index in [4.69, 9.17) is 5.73 Å². The largest absolute Gasteiger partial charge is 0.383 e. The first-order chi connectivity index (χ1) is 8.16. The Morgan fingerprint density at radius 1 is 1.59 bits per heavy atom. The molecule has 0 radical (unpaired) electrons. The maximum atomic E-state index is 11.0. The third kappa shape index (κ3) is 3.20. The lowest BCUT2D eigenvalue weighted by atomic mass is 10.2. The smallest absolute Gasteiger partial charge is 0.248 e. The predicted octanol–water partition coefficient (Wildman–Crippen LogP) is 1.71. The van der Waals surface area contributed by atoms with E-state index in [0.717, 1.165) is 23.2 Å². The summed E-state index contributed by atoms with van der Waals surface area (Å²) in [5, 5.41) is 6.78. The number of carbonyl (C=O) groups is 1. The van der Waals surface area contributed by atoms with Crippen LogP contribution in [0, 0.1) is 0 Å². The molecular weight excluding hydrogens is 282 g/mol. The van der Waals surface area contributed by atoms with Crippen molar-refractivity contribution in [2.75, 3.05) is 18.4 Å². The highest BCUT2D eigenvalue weighted by Crippen LogP contribution is 2.23. The maximum absolute atomic E-state index is 11.0. The molecule has 2 rings (SSSR count). The number of carbonyl (C=O) groups excluding carboxylic acids is 1. The fourth-order valence-corrected chi connectivity index (χ4v) is 2.49. The number of hydrogen-bond donors (Lipinski definition) is 3. The van der Waals surface area contributed by atoms with Gasteiger partial charge in [0.2, 0.25) is 5.91 Å². The van der Waals surface area contributed by atoms with E-state index in [1.54, 1.807) is 12.1 Å². The number of nitrogens with two attached hydrogens (primary N) is 1. The summed E-state index contributed by atoms with van der Waals surface area (Å²) in [6.45, 7) is 2.00. The van der Waals surface area contributed by atoms with E-state index >= 15 is 0 Å². The Labute approximate surface area is 109 Å². The Balaban J connectivity index is 1.98. The van der Waals surface area contributed by atoms with Crippen molar-refractivity contribution in [2.24, 2.45) is 5.73 Å². The van der Waals surface area contributed by atoms with Gasteiger partial charge in [-0.3, -0.25) is 4.79 Å². The van der Waals surface area contributed by atoms with Crippen LogP contribution in [-0.2, 0) is 0 Å². The van der Waals surface area contributed by atoms with E-state index < -0.39 is 5.91 Å². The summed E-state index contributed by atoms with van der Waals surface area (Å²) in [5.74, 6) is -0.408. The molecule has 4 N–H and O–H groups in total. The van der Waals surface area contributed by atoms with Gasteiger partial charge in [0.25, 0.3) is 0 Å². The van der Waals surface area contributed by atoms with Crippen LogP contribution in [0.25, 0.3) is 0 Å². The van der Waals surface area contributed by atoms with Crippen molar-refractivity contribution in [1.29, 1.82) is 0 Å². The van der Waals surface area contributed by atoms with Crippen molar-refractivity contribution >= 4 is 27.5 Å². The number of nitrogens with one attached hydrogen (secondary N) is 2. The molecule has 1 fully saturated rings. The second-order valence-corrected chi connectivity index (χ2v) is 5.09. The van der Waals surface area contributed by atoms with E-state index in [1.807, 2.05) is 6.07 Å². The highest BCUT2D eigenvalue weighted by Gasteiger charge is 2.14. The Kier molecular flexibility index (Phi) is 4.02. The fraction of sp³-hybridized carbons (Fsp3) is 0.417. The molecule has 5 heteroatoms. The van der Waals surface area contributed by atoms with Gasteiger partial charge in [-0.15, -0.1) is 0 Å². The van der Waals surface area contributed by atoms with Crippen molar-refractivity contribution in [1.82, 2.24) is 5.32 Å². The molecule has 1 aromatic rings. The molecule has 1 aliphatic rings. The molecule has 0 bridgehead atoms. The van der Waals surface area contributed by atoms with Crippen LogP contribution in [0.15, 0.2) is 22.7 Å². The van der Waals surface area contributed by atoms with Gasteiger partial charge in [-0.1, -0.05) is 0 Å². The molecule has 92 valence electrons. The highest BCUT2D eigenvalue weighted by molar-refractivity contribution is 9.10. The molecule has 1 unspecified atom stereocenters. The number of halogens is 1. The molecule has 17 heavy (non-hydrogen) atoms. The summed E-state index contributed by atoms with van der Waals surface area (Å²) in [6.07, 6.45) is 2.46. The van der Waals surface area contributed by atoms with E-state index in [1.165, 1.54) is 12.8 Å². The highest BCUT2D eigenvalue weighted by atomic mass is 79.9. The monoisotopic (exact) mass is 297 g/mol. The van der Waals surface area contributed by atoms with Crippen LogP contribution in [0.5, 0.6) is 0 Å². The topological polar surface area (TPSA) is 67.2 Å². The second kappa shape index (κ2) is 5.51. The zero-order valence-electron chi connectivity index (χ0n) is 9.50. The number of hydrogen-bond acceptors (Lipinski definition) is 3. The van der Waals surface area contributed by atoms with Crippen LogP contribution in [0.2, 0.25) is 0 Å². The van der Waals surface area contributed by atoms with Crippen molar-refractivity contribution in [2.45, 2.75) is 18.9 Å². The summed E-state index contributed by atoms with van der Waals surface area (Å²) in [7, 11) is 0. The van der Waals surface area contributed by atoms with Crippen molar-refractivity contribution in [3.63, 3.8) is 0 Å². The Hall–Kier alpha value is -1.07. The molecule has 1 atom stereocenters. The van der Waals surface area contributed by atoms with Crippen molar-refractivity contribution in [3.05, 3.63) is 28.2 Å². The zero-order valence-corrected chi connectivity index (χ0v) is 11.1. The van der Waals surface area contributed by atoms with Crippen molar-refractivity contribution in [3.8, 4) is 0 Å². The van der Waals surface area contributed by atoms with Gasteiger partial charge in [0, 0.05) is 28.3 Å². The SMILES string of the molecule is NC(=O)c1ccc(NCC2CCCN2)c(Br)c1. The lowest BCUT2D eigenvalue weighted by molar-refractivity contribution is 0.100. The summed E-state index contributed by atoms with van der Waals surface area (Å²) in [4.78, 5) is 11.0. The summed E-state index contributed by atoms with van der Waals surface area (Å²) in [6, 6.07) is 5.89. The molecule has 1 heterocycles. The normalized spacial score (nSPS) is 19.2. The molecule has 1 aromatic carbocycles. The maximum Gasteiger partial charge on any atom is 0.248 e. The second-order valence-electron chi connectivity index (χ2n) is 4.23. The van der Waals surface area contributed by atoms with Gasteiger partial charge in [0.05, 0.1) is 0 Å². The minimum Gasteiger partial charge on any atom is -0.383 e. The standard InChI is InChI=1S/C12H16BrN3O/c13-10-6-8(12(14)17)3-4-11(10)16-7-9-2-1-5-15-9/h3-4,6,9,15-16H,1-2,5,7H2,(H2,14,17). The number of primary amides is 1. The van der Waals surface area contributed by atoms with Crippen LogP contribution >= 0.6 is 15.9 Å². The first kappa shape index (κ1) is 12.4. The summed E-state index contributed by atoms with van der Waals surface area (Å²) < 4.78 is 0.867. The Bertz CT molecular complexity index is 416. The Morgan fingerprint density at radius 2 is 2.41 bits per heavy atom. The van der Waals surface area contributed by atoms with Crippen LogP contribution in [0.1, 0.15) is 23.2 Å². The van der Waals surface area contributed by atoms with Crippen LogP contribution in [0.3, 0.4) is 0 Å². The average molecular weight is 298 g/mol. The third-order valence-electron chi connectivity index (χ3n) is 2.95. The fourth-order valence-electron chi connectivity index (χ4n) is 1.98. The van der Waals surface area contributed by atoms with E-state index in [-0.39, 0.29) is 0 Å². The van der Waals surface area contributed by atoms with Crippen LogP contribution in [-0.4, -0.2) is 25.0 Å². The molecular formula is C12H16BrN3O. The molecule has 4 nitrogen and oxygen atoms in total. The van der Waals surface area contributed by atoms with Crippen molar-refractivity contribution < 1.29 is 4.79 Å². The molecule has 0 aromatic heterocycles. The predicted molar refractivity (Wildman–Crippen MR) is 72.2 cm³/mol. The zero-order chi connectivity index (χ0) is 12.3. The summed E-state index contributed by atoms with van der Waals surface area (Å²) >= 11 is 3.43. The van der Waals surface area contributed by atoms with Gasteiger partial charge >= 0.3 is 0 Å². The van der Waals surface area contributed by atoms with Gasteiger partial charge in [-0.25, -0.2) is 0 Å². The van der Waals surface area contributed by atoms with Gasteiger partial charge in [0.15, 0.2) is 0 Å². The van der Waals surface area contributed by atoms with Crippen LogP contribution < -0.4 is 16.4 Å². The number of rotatable bonds is 4. The van der Waals surface area contributed by atoms with E-state index in [9.17, 15) is 4.79 Å². The third-order valence-corrected chi connectivity index (χ3v) is 3.61. The average Bonchev–Trinajstić information content (AvgIpc) is 2.80. The number of benzene rings is 1. The molecule has 0 spiro atoms. The van der Waals surface area contributed by atoms with Gasteiger partial charge in [0.1, 0.15) is 0 Å². The number of anilines is 1. The minimum atomic E-state index is -0.408. The van der Waals surface area contributed by atoms with E-state index in [2.05, 4.69) is 26.6 Å². The van der Waals surface area contributed by atoms with Crippen LogP contribution in [0.4, 0.5) is 5.69 Å². The Morgan fingerprint density at radius 3 is 3.00 bits per heavy atom. The van der Waals surface area contributed by atoms with Gasteiger partial charge in [-0.05, 0) is 53.5 Å². The molecule has 1 amide bonds. The minimum absolute atomic E-state index is 0.408. The van der Waals surface area contributed by atoms with Gasteiger partial charge in [-0.2, -0.15) is 0 Å². The molecule has 0 aliphatic carbocycles. The molecule has 0 saturated carbocycles. The lowest BCUT2D eigenvalue weighted by Gasteiger charge is -2.14. The summed E-state index contributed by atoms with van der Waals surface area (Å²) in [5.41, 5.74) is 6.72.